The number of rotatable bonds is 7. The van der Waals surface area contributed by atoms with E-state index in [0.717, 1.165) is 37.4 Å². The van der Waals surface area contributed by atoms with Gasteiger partial charge in [-0.15, -0.1) is 0 Å². The Bertz CT molecular complexity index is 812. The molecule has 0 spiro atoms. The molecule has 1 aromatic carbocycles. The fourth-order valence-corrected chi connectivity index (χ4v) is 3.94. The minimum Gasteiger partial charge on any atom is -0.484 e. The van der Waals surface area contributed by atoms with Crippen LogP contribution in [0.4, 0.5) is 0 Å². The molecule has 2 aromatic rings. The van der Waals surface area contributed by atoms with Gasteiger partial charge in [-0.05, 0) is 44.0 Å². The van der Waals surface area contributed by atoms with Gasteiger partial charge < -0.3 is 18.9 Å². The Morgan fingerprint density at radius 1 is 1.14 bits per heavy atom. The maximum absolute atomic E-state index is 12.2. The predicted octanol–water partition coefficient (Wildman–Crippen LogP) is 2.42. The number of carbonyl (C=O) groups is 1. The summed E-state index contributed by atoms with van der Waals surface area (Å²) in [6.07, 6.45) is 4.52. The van der Waals surface area contributed by atoms with Gasteiger partial charge in [0.2, 0.25) is 0 Å². The van der Waals surface area contributed by atoms with E-state index in [9.17, 15) is 4.79 Å². The molecule has 0 unspecified atom stereocenters. The number of ether oxygens (including phenoxy) is 2. The molecule has 1 aromatic heterocycles. The lowest BCUT2D eigenvalue weighted by molar-refractivity contribution is -0.137. The first-order valence-electron chi connectivity index (χ1n) is 10.4. The lowest BCUT2D eigenvalue weighted by atomic mass is 9.96. The molecule has 7 nitrogen and oxygen atoms in total. The molecule has 1 saturated heterocycles. The monoisotopic (exact) mass is 399 g/mol. The molecule has 2 aliphatic rings. The first-order chi connectivity index (χ1) is 14.2. The first kappa shape index (κ1) is 19.9. The van der Waals surface area contributed by atoms with Crippen molar-refractivity contribution in [2.45, 2.75) is 38.8 Å². The lowest BCUT2D eigenvalue weighted by Gasteiger charge is -2.26. The number of hydrogen-bond donors (Lipinski definition) is 0. The Morgan fingerprint density at radius 3 is 2.69 bits per heavy atom. The molecule has 7 heteroatoms. The molecule has 0 N–H and O–H groups in total. The van der Waals surface area contributed by atoms with E-state index >= 15 is 0 Å². The van der Waals surface area contributed by atoms with Gasteiger partial charge in [0.25, 0.3) is 5.91 Å². The average Bonchev–Trinajstić information content (AvgIpc) is 3.16. The van der Waals surface area contributed by atoms with Gasteiger partial charge in [0, 0.05) is 38.2 Å². The van der Waals surface area contributed by atoms with E-state index in [1.165, 1.54) is 24.0 Å². The van der Waals surface area contributed by atoms with E-state index < -0.39 is 0 Å². The van der Waals surface area contributed by atoms with Crippen LogP contribution in [0.15, 0.2) is 28.8 Å². The molecule has 156 valence electrons. The van der Waals surface area contributed by atoms with Gasteiger partial charge in [-0.2, -0.15) is 0 Å². The molecular weight excluding hydrogens is 370 g/mol. The van der Waals surface area contributed by atoms with Crippen LogP contribution in [0.3, 0.4) is 0 Å². The van der Waals surface area contributed by atoms with Crippen LogP contribution in [0.2, 0.25) is 0 Å². The molecular formula is C22H29N3O4. The Kier molecular flexibility index (Phi) is 6.46. The number of carbonyl (C=O) groups excluding carboxylic acids is 1. The molecule has 29 heavy (non-hydrogen) atoms. The lowest BCUT2D eigenvalue weighted by Crippen LogP contribution is -2.42. The highest BCUT2D eigenvalue weighted by atomic mass is 16.5. The highest BCUT2D eigenvalue weighted by molar-refractivity contribution is 5.77. The van der Waals surface area contributed by atoms with Gasteiger partial charge in [-0.3, -0.25) is 9.69 Å². The normalized spacial score (nSPS) is 16.7. The minimum atomic E-state index is 0.00746. The minimum absolute atomic E-state index is 0.00746. The summed E-state index contributed by atoms with van der Waals surface area (Å²) < 4.78 is 16.4. The second kappa shape index (κ2) is 9.41. The van der Waals surface area contributed by atoms with Crippen molar-refractivity contribution in [3.8, 4) is 5.75 Å². The van der Waals surface area contributed by atoms with Crippen LogP contribution in [0.1, 0.15) is 35.4 Å². The Labute approximate surface area is 171 Å². The summed E-state index contributed by atoms with van der Waals surface area (Å²) in [5.74, 6) is 1.80. The van der Waals surface area contributed by atoms with E-state index in [2.05, 4.69) is 17.1 Å². The number of aryl methyl sites for hydroxylation is 1. The summed E-state index contributed by atoms with van der Waals surface area (Å²) in [7, 11) is 2.09. The second-order valence-corrected chi connectivity index (χ2v) is 7.84. The zero-order valence-corrected chi connectivity index (χ0v) is 17.1. The molecule has 1 aliphatic carbocycles. The van der Waals surface area contributed by atoms with Crippen molar-refractivity contribution < 1.29 is 18.8 Å². The highest BCUT2D eigenvalue weighted by Gasteiger charge is 2.20. The summed E-state index contributed by atoms with van der Waals surface area (Å²) >= 11 is 0. The number of aromatic nitrogens is 1. The second-order valence-electron chi connectivity index (χ2n) is 7.84. The van der Waals surface area contributed by atoms with Crippen LogP contribution in [0.25, 0.3) is 0 Å². The highest BCUT2D eigenvalue weighted by Crippen LogP contribution is 2.25. The molecule has 2 heterocycles. The topological polar surface area (TPSA) is 68.0 Å². The van der Waals surface area contributed by atoms with E-state index in [1.54, 1.807) is 4.90 Å². The van der Waals surface area contributed by atoms with Gasteiger partial charge >= 0.3 is 0 Å². The molecule has 4 rings (SSSR count). The van der Waals surface area contributed by atoms with Crippen LogP contribution in [-0.2, 0) is 35.5 Å². The Balaban J connectivity index is 1.25. The third-order valence-corrected chi connectivity index (χ3v) is 5.55. The van der Waals surface area contributed by atoms with Crippen LogP contribution in [0.5, 0.6) is 5.75 Å². The number of hydrogen-bond acceptors (Lipinski definition) is 6. The molecule has 1 fully saturated rings. The van der Waals surface area contributed by atoms with Crippen molar-refractivity contribution in [1.29, 1.82) is 0 Å². The number of benzene rings is 1. The predicted molar refractivity (Wildman–Crippen MR) is 108 cm³/mol. The number of amides is 1. The van der Waals surface area contributed by atoms with Crippen molar-refractivity contribution in [1.82, 2.24) is 15.0 Å². The van der Waals surface area contributed by atoms with Crippen molar-refractivity contribution in [3.05, 3.63) is 46.8 Å². The number of morpholine rings is 1. The van der Waals surface area contributed by atoms with Crippen LogP contribution in [0, 0.1) is 0 Å². The molecule has 1 amide bonds. The van der Waals surface area contributed by atoms with Gasteiger partial charge in [-0.25, -0.2) is 0 Å². The maximum Gasteiger partial charge on any atom is 0.260 e. The van der Waals surface area contributed by atoms with Gasteiger partial charge in [0.05, 0.1) is 13.2 Å². The van der Waals surface area contributed by atoms with Gasteiger partial charge in [0.15, 0.2) is 6.61 Å². The van der Waals surface area contributed by atoms with E-state index in [4.69, 9.17) is 14.0 Å². The van der Waals surface area contributed by atoms with Gasteiger partial charge in [0.1, 0.15) is 17.2 Å². The Hall–Kier alpha value is -2.38. The summed E-state index contributed by atoms with van der Waals surface area (Å²) in [5.41, 5.74) is 3.58. The Morgan fingerprint density at radius 2 is 1.90 bits per heavy atom. The zero-order valence-electron chi connectivity index (χ0n) is 17.1. The molecule has 1 aliphatic heterocycles. The fourth-order valence-electron chi connectivity index (χ4n) is 3.94. The van der Waals surface area contributed by atoms with E-state index in [1.807, 2.05) is 24.3 Å². The summed E-state index contributed by atoms with van der Waals surface area (Å²) in [4.78, 5) is 16.2. The van der Waals surface area contributed by atoms with Crippen molar-refractivity contribution in [2.75, 3.05) is 40.0 Å². The van der Waals surface area contributed by atoms with Crippen molar-refractivity contribution >= 4 is 5.91 Å². The van der Waals surface area contributed by atoms with Gasteiger partial charge in [-0.1, -0.05) is 17.3 Å². The SMILES string of the molecule is CN(Cc1ccc(OCC(=O)N2CCOCC2)cc1)Cc1noc2c1CCCC2. The van der Waals surface area contributed by atoms with E-state index in [0.29, 0.717) is 32.1 Å². The molecule has 0 atom stereocenters. The smallest absolute Gasteiger partial charge is 0.260 e. The average molecular weight is 399 g/mol. The molecule has 0 saturated carbocycles. The van der Waals surface area contributed by atoms with Crippen molar-refractivity contribution in [3.63, 3.8) is 0 Å². The standard InChI is InChI=1S/C22H29N3O4/c1-24(15-20-19-4-2-3-5-21(19)29-23-20)14-17-6-8-18(9-7-17)28-16-22(26)25-10-12-27-13-11-25/h6-9H,2-5,10-16H2,1H3. The third kappa shape index (κ3) is 5.16. The fraction of sp³-hybridized carbons (Fsp3) is 0.545. The number of nitrogens with zero attached hydrogens (tertiary/aromatic N) is 3. The summed E-state index contributed by atoms with van der Waals surface area (Å²) in [5, 5.41) is 4.29. The van der Waals surface area contributed by atoms with Crippen LogP contribution >= 0.6 is 0 Å². The largest absolute Gasteiger partial charge is 0.484 e. The molecule has 0 radical (unpaired) electrons. The first-order valence-corrected chi connectivity index (χ1v) is 10.4. The summed E-state index contributed by atoms with van der Waals surface area (Å²) in [6.45, 7) is 4.15. The van der Waals surface area contributed by atoms with Crippen LogP contribution in [-0.4, -0.2) is 60.8 Å². The van der Waals surface area contributed by atoms with Crippen LogP contribution < -0.4 is 4.74 Å². The number of fused-ring (bicyclic) bond motifs is 1. The zero-order chi connectivity index (χ0) is 20.1. The molecule has 0 bridgehead atoms. The van der Waals surface area contributed by atoms with E-state index in [-0.39, 0.29) is 12.5 Å². The third-order valence-electron chi connectivity index (χ3n) is 5.55. The quantitative estimate of drug-likeness (QED) is 0.712. The summed E-state index contributed by atoms with van der Waals surface area (Å²) in [6, 6.07) is 7.94. The maximum atomic E-state index is 12.2. The van der Waals surface area contributed by atoms with Crippen molar-refractivity contribution in [2.24, 2.45) is 0 Å².